The molecule has 180 valence electrons. The maximum Gasteiger partial charge on any atom is 0.278 e. The first-order valence-corrected chi connectivity index (χ1v) is 11.7. The van der Waals surface area contributed by atoms with Gasteiger partial charge in [-0.05, 0) is 30.9 Å². The number of carbonyl (C=O) groups is 1. The van der Waals surface area contributed by atoms with Crippen LogP contribution in [0.2, 0.25) is 0 Å². The molecule has 0 saturated carbocycles. The summed E-state index contributed by atoms with van der Waals surface area (Å²) in [7, 11) is 1.79. The van der Waals surface area contributed by atoms with Crippen LogP contribution in [0, 0.1) is 17.6 Å². The Morgan fingerprint density at radius 3 is 2.59 bits per heavy atom. The SMILES string of the molecule is CCN1C(=O)c2c(O)c(=O)c(-c3nnc(Cc4ccc(F)cc4F)s3)cn2N(C)C1CC(C)C. The summed E-state index contributed by atoms with van der Waals surface area (Å²) >= 11 is 1.06. The van der Waals surface area contributed by atoms with Gasteiger partial charge in [0.15, 0.2) is 16.5 Å². The molecule has 1 unspecified atom stereocenters. The minimum atomic E-state index is -0.734. The van der Waals surface area contributed by atoms with Crippen LogP contribution in [0.5, 0.6) is 5.75 Å². The molecule has 1 atom stereocenters. The molecule has 0 spiro atoms. The van der Waals surface area contributed by atoms with E-state index in [2.05, 4.69) is 24.0 Å². The number of hydrogen-bond acceptors (Lipinski definition) is 7. The molecule has 8 nitrogen and oxygen atoms in total. The molecule has 34 heavy (non-hydrogen) atoms. The van der Waals surface area contributed by atoms with E-state index in [0.29, 0.717) is 23.9 Å². The van der Waals surface area contributed by atoms with Gasteiger partial charge in [0.2, 0.25) is 5.43 Å². The van der Waals surface area contributed by atoms with Gasteiger partial charge in [-0.25, -0.2) is 8.78 Å². The number of benzene rings is 1. The van der Waals surface area contributed by atoms with Gasteiger partial charge in [0.05, 0.1) is 5.56 Å². The van der Waals surface area contributed by atoms with Crippen molar-refractivity contribution in [2.75, 3.05) is 18.6 Å². The van der Waals surface area contributed by atoms with Crippen LogP contribution >= 0.6 is 11.3 Å². The van der Waals surface area contributed by atoms with Gasteiger partial charge in [0.1, 0.15) is 22.8 Å². The first-order valence-electron chi connectivity index (χ1n) is 10.9. The lowest BCUT2D eigenvalue weighted by Gasteiger charge is -2.45. The van der Waals surface area contributed by atoms with E-state index in [-0.39, 0.29) is 34.4 Å². The summed E-state index contributed by atoms with van der Waals surface area (Å²) in [5.41, 5.74) is -0.508. The standard InChI is InChI=1S/C23H25F2N5O3S/c1-5-29-18(8-12(2)3)28(4)30-11-15(20(31)21(32)19(30)23(29)33)22-27-26-17(34-22)9-13-6-7-14(24)10-16(13)25/h6-7,10-12,18,32H,5,8-9H2,1-4H3. The van der Waals surface area contributed by atoms with Gasteiger partial charge in [-0.3, -0.25) is 19.3 Å². The number of rotatable bonds is 6. The second kappa shape index (κ2) is 9.13. The van der Waals surface area contributed by atoms with E-state index in [4.69, 9.17) is 0 Å². The molecule has 1 aromatic carbocycles. The fraction of sp³-hybridized carbons (Fsp3) is 0.391. The third-order valence-electron chi connectivity index (χ3n) is 5.84. The topological polar surface area (TPSA) is 91.6 Å². The van der Waals surface area contributed by atoms with E-state index < -0.39 is 28.7 Å². The Morgan fingerprint density at radius 1 is 1.21 bits per heavy atom. The molecular formula is C23H25F2N5O3S. The zero-order valence-electron chi connectivity index (χ0n) is 19.2. The van der Waals surface area contributed by atoms with Crippen LogP contribution in [0.3, 0.4) is 0 Å². The van der Waals surface area contributed by atoms with Crippen LogP contribution in [0.4, 0.5) is 8.78 Å². The first-order chi connectivity index (χ1) is 16.1. The van der Waals surface area contributed by atoms with E-state index in [1.165, 1.54) is 16.9 Å². The summed E-state index contributed by atoms with van der Waals surface area (Å²) in [5.74, 6) is -2.14. The molecule has 2 aromatic heterocycles. The third-order valence-corrected chi connectivity index (χ3v) is 6.79. The Kier molecular flexibility index (Phi) is 6.39. The molecule has 0 aliphatic carbocycles. The number of pyridine rings is 1. The molecule has 4 rings (SSSR count). The number of fused-ring (bicyclic) bond motifs is 1. The van der Waals surface area contributed by atoms with Crippen LogP contribution < -0.4 is 10.4 Å². The number of amides is 1. The largest absolute Gasteiger partial charge is 0.502 e. The molecule has 3 heterocycles. The normalized spacial score (nSPS) is 15.9. The minimum Gasteiger partial charge on any atom is -0.502 e. The monoisotopic (exact) mass is 489 g/mol. The predicted molar refractivity (Wildman–Crippen MR) is 125 cm³/mol. The minimum absolute atomic E-state index is 0.0718. The molecule has 1 aliphatic heterocycles. The maximum atomic E-state index is 14.0. The Hall–Kier alpha value is -3.34. The average molecular weight is 490 g/mol. The lowest BCUT2D eigenvalue weighted by Crippen LogP contribution is -2.60. The average Bonchev–Trinajstić information content (AvgIpc) is 3.24. The molecule has 11 heteroatoms. The zero-order chi connectivity index (χ0) is 24.7. The van der Waals surface area contributed by atoms with Crippen molar-refractivity contribution in [2.24, 2.45) is 5.92 Å². The van der Waals surface area contributed by atoms with Crippen molar-refractivity contribution in [3.05, 3.63) is 62.5 Å². The maximum absolute atomic E-state index is 14.0. The van der Waals surface area contributed by atoms with E-state index in [1.807, 2.05) is 11.9 Å². The summed E-state index contributed by atoms with van der Waals surface area (Å²) in [6, 6.07) is 3.29. The summed E-state index contributed by atoms with van der Waals surface area (Å²) < 4.78 is 28.7. The van der Waals surface area contributed by atoms with Crippen LogP contribution in [0.1, 0.15) is 48.3 Å². The molecule has 0 fully saturated rings. The predicted octanol–water partition coefficient (Wildman–Crippen LogP) is 3.36. The van der Waals surface area contributed by atoms with Crippen molar-refractivity contribution in [2.45, 2.75) is 39.8 Å². The number of aromatic hydroxyl groups is 1. The Balaban J connectivity index is 1.75. The van der Waals surface area contributed by atoms with Crippen LogP contribution in [-0.4, -0.2) is 50.5 Å². The quantitative estimate of drug-likeness (QED) is 0.571. The van der Waals surface area contributed by atoms with Crippen molar-refractivity contribution in [1.82, 2.24) is 19.8 Å². The van der Waals surface area contributed by atoms with E-state index in [1.54, 1.807) is 11.9 Å². The molecule has 0 radical (unpaired) electrons. The van der Waals surface area contributed by atoms with E-state index >= 15 is 0 Å². The summed E-state index contributed by atoms with van der Waals surface area (Å²) in [5, 5.41) is 21.3. The molecule has 1 aliphatic rings. The fourth-order valence-electron chi connectivity index (χ4n) is 4.12. The summed E-state index contributed by atoms with van der Waals surface area (Å²) in [6.07, 6.45) is 2.00. The number of carbonyl (C=O) groups excluding carboxylic acids is 1. The van der Waals surface area contributed by atoms with Crippen LogP contribution in [-0.2, 0) is 6.42 Å². The fourth-order valence-corrected chi connectivity index (χ4v) is 4.99. The Morgan fingerprint density at radius 2 is 1.94 bits per heavy atom. The van der Waals surface area contributed by atoms with Gasteiger partial charge < -0.3 is 10.0 Å². The second-order valence-electron chi connectivity index (χ2n) is 8.60. The highest BCUT2D eigenvalue weighted by atomic mass is 32.1. The van der Waals surface area contributed by atoms with Gasteiger partial charge in [-0.2, -0.15) is 0 Å². The Labute approximate surface area is 199 Å². The van der Waals surface area contributed by atoms with Crippen molar-refractivity contribution < 1.29 is 18.7 Å². The van der Waals surface area contributed by atoms with Gasteiger partial charge in [0.25, 0.3) is 5.91 Å². The molecule has 3 aromatic rings. The van der Waals surface area contributed by atoms with Crippen molar-refractivity contribution >= 4 is 17.2 Å². The molecular weight excluding hydrogens is 464 g/mol. The Bertz CT molecular complexity index is 1310. The lowest BCUT2D eigenvalue weighted by atomic mass is 10.1. The third kappa shape index (κ3) is 4.15. The molecule has 1 N–H and O–H groups in total. The number of halogens is 2. The van der Waals surface area contributed by atoms with Crippen molar-refractivity contribution in [3.63, 3.8) is 0 Å². The highest BCUT2D eigenvalue weighted by molar-refractivity contribution is 7.14. The van der Waals surface area contributed by atoms with Crippen molar-refractivity contribution in [3.8, 4) is 16.3 Å². The molecule has 1 amide bonds. The van der Waals surface area contributed by atoms with E-state index in [0.717, 1.165) is 23.5 Å². The summed E-state index contributed by atoms with van der Waals surface area (Å²) in [6.45, 7) is 6.39. The zero-order valence-corrected chi connectivity index (χ0v) is 20.1. The van der Waals surface area contributed by atoms with Crippen LogP contribution in [0.25, 0.3) is 10.6 Å². The molecule has 0 saturated heterocycles. The number of nitrogens with zero attached hydrogens (tertiary/aromatic N) is 5. The molecule has 0 bridgehead atoms. The lowest BCUT2D eigenvalue weighted by molar-refractivity contribution is 0.0563. The van der Waals surface area contributed by atoms with Gasteiger partial charge in [0, 0.05) is 32.3 Å². The smallest absolute Gasteiger partial charge is 0.278 e. The van der Waals surface area contributed by atoms with E-state index in [9.17, 15) is 23.5 Å². The number of aromatic nitrogens is 3. The number of hydrogen-bond donors (Lipinski definition) is 1. The van der Waals surface area contributed by atoms with Crippen molar-refractivity contribution in [1.29, 1.82) is 0 Å². The second-order valence-corrected chi connectivity index (χ2v) is 9.66. The van der Waals surface area contributed by atoms with Gasteiger partial charge in [-0.15, -0.1) is 10.2 Å². The first kappa shape index (κ1) is 23.8. The van der Waals surface area contributed by atoms with Gasteiger partial charge >= 0.3 is 0 Å². The summed E-state index contributed by atoms with van der Waals surface area (Å²) in [4.78, 5) is 27.8. The van der Waals surface area contributed by atoms with Gasteiger partial charge in [-0.1, -0.05) is 31.3 Å². The van der Waals surface area contributed by atoms with Crippen LogP contribution in [0.15, 0.2) is 29.2 Å². The highest BCUT2D eigenvalue weighted by Crippen LogP contribution is 2.30. The highest BCUT2D eigenvalue weighted by Gasteiger charge is 2.38.